The van der Waals surface area contributed by atoms with Crippen LogP contribution in [-0.2, 0) is 9.53 Å². The second kappa shape index (κ2) is 4.13. The van der Waals surface area contributed by atoms with E-state index in [2.05, 4.69) is 9.72 Å². The molecule has 1 rings (SSSR count). The highest BCUT2D eigenvalue weighted by Crippen LogP contribution is 2.12. The molecule has 0 radical (unpaired) electrons. The van der Waals surface area contributed by atoms with Gasteiger partial charge in [-0.2, -0.15) is 0 Å². The average Bonchev–Trinajstić information content (AvgIpc) is 2.67. The minimum atomic E-state index is -0.767. The zero-order valence-corrected chi connectivity index (χ0v) is 8.13. The van der Waals surface area contributed by atoms with E-state index < -0.39 is 11.9 Å². The van der Waals surface area contributed by atoms with Crippen molar-refractivity contribution in [3.63, 3.8) is 0 Å². The molecule has 1 unspecified atom stereocenters. The summed E-state index contributed by atoms with van der Waals surface area (Å²) in [6.07, 6.45) is 1.53. The molecule has 0 aliphatic carbocycles. The fourth-order valence-corrected chi connectivity index (χ4v) is 1.48. The number of ether oxygens (including phenoxy) is 1. The highest BCUT2D eigenvalue weighted by atomic mass is 32.1. The lowest BCUT2D eigenvalue weighted by Crippen LogP contribution is -2.22. The summed E-state index contributed by atoms with van der Waals surface area (Å²) in [5.74, 6) is -1.58. The molecule has 0 amide bonds. The first kappa shape index (κ1) is 9.85. The van der Waals surface area contributed by atoms with Crippen molar-refractivity contribution >= 4 is 23.1 Å². The lowest BCUT2D eigenvalue weighted by Gasteiger charge is -2.04. The largest absolute Gasteiger partial charge is 0.468 e. The van der Waals surface area contributed by atoms with Gasteiger partial charge in [0.15, 0.2) is 5.01 Å². The van der Waals surface area contributed by atoms with Gasteiger partial charge in [-0.1, -0.05) is 0 Å². The molecule has 4 nitrogen and oxygen atoms in total. The van der Waals surface area contributed by atoms with E-state index >= 15 is 0 Å². The van der Waals surface area contributed by atoms with Gasteiger partial charge in [-0.25, -0.2) is 4.98 Å². The van der Waals surface area contributed by atoms with Crippen molar-refractivity contribution in [1.82, 2.24) is 4.98 Å². The van der Waals surface area contributed by atoms with Crippen LogP contribution >= 0.6 is 11.3 Å². The van der Waals surface area contributed by atoms with Gasteiger partial charge in [0.2, 0.25) is 5.78 Å². The van der Waals surface area contributed by atoms with E-state index in [-0.39, 0.29) is 5.78 Å². The van der Waals surface area contributed by atoms with Gasteiger partial charge in [0, 0.05) is 11.6 Å². The molecule has 1 heterocycles. The number of nitrogens with zero attached hydrogens (tertiary/aromatic N) is 1. The molecule has 0 spiro atoms. The Balaban J connectivity index is 2.74. The standard InChI is InChI=1S/C8H9NO3S/c1-5(8(11)12-2)6(10)7-9-3-4-13-7/h3-5H,1-2H3. The third kappa shape index (κ3) is 2.12. The van der Waals surface area contributed by atoms with Crippen molar-refractivity contribution in [2.24, 2.45) is 5.92 Å². The molecule has 1 aromatic heterocycles. The summed E-state index contributed by atoms with van der Waals surface area (Å²) < 4.78 is 4.45. The maximum Gasteiger partial charge on any atom is 0.316 e. The van der Waals surface area contributed by atoms with Crippen LogP contribution in [0.4, 0.5) is 0 Å². The zero-order valence-electron chi connectivity index (χ0n) is 7.31. The molecule has 0 aliphatic heterocycles. The van der Waals surface area contributed by atoms with Crippen molar-refractivity contribution in [2.45, 2.75) is 6.92 Å². The maximum absolute atomic E-state index is 11.5. The number of aromatic nitrogens is 1. The number of carbonyl (C=O) groups excluding carboxylic acids is 2. The molecule has 0 saturated carbocycles. The number of Topliss-reactive ketones (excluding diaryl/α,β-unsaturated/α-hetero) is 1. The summed E-state index contributed by atoms with van der Waals surface area (Å²) in [6, 6.07) is 0. The summed E-state index contributed by atoms with van der Waals surface area (Å²) in [7, 11) is 1.26. The van der Waals surface area contributed by atoms with Gasteiger partial charge in [0.25, 0.3) is 0 Å². The number of rotatable bonds is 3. The van der Waals surface area contributed by atoms with Crippen molar-refractivity contribution in [3.8, 4) is 0 Å². The summed E-state index contributed by atoms with van der Waals surface area (Å²) in [5, 5.41) is 2.04. The van der Waals surface area contributed by atoms with E-state index in [0.29, 0.717) is 5.01 Å². The lowest BCUT2D eigenvalue weighted by molar-refractivity contribution is -0.143. The van der Waals surface area contributed by atoms with Gasteiger partial charge in [0.05, 0.1) is 7.11 Å². The first-order valence-corrected chi connectivity index (χ1v) is 4.56. The van der Waals surface area contributed by atoms with Crippen LogP contribution in [0.2, 0.25) is 0 Å². The summed E-state index contributed by atoms with van der Waals surface area (Å²) in [4.78, 5) is 26.3. The number of methoxy groups -OCH3 is 1. The van der Waals surface area contributed by atoms with E-state index in [0.717, 1.165) is 0 Å². The van der Waals surface area contributed by atoms with Gasteiger partial charge in [-0.3, -0.25) is 9.59 Å². The highest BCUT2D eigenvalue weighted by molar-refractivity contribution is 7.11. The van der Waals surface area contributed by atoms with Gasteiger partial charge in [-0.05, 0) is 6.92 Å². The molecule has 13 heavy (non-hydrogen) atoms. The van der Waals surface area contributed by atoms with Gasteiger partial charge < -0.3 is 4.74 Å². The molecule has 1 atom stereocenters. The molecule has 0 fully saturated rings. The molecule has 70 valence electrons. The first-order chi connectivity index (χ1) is 6.16. The number of hydrogen-bond donors (Lipinski definition) is 0. The van der Waals surface area contributed by atoms with E-state index in [1.54, 1.807) is 5.38 Å². The Morgan fingerprint density at radius 1 is 1.62 bits per heavy atom. The van der Waals surface area contributed by atoms with E-state index in [1.807, 2.05) is 0 Å². The Bertz CT molecular complexity index is 307. The topological polar surface area (TPSA) is 56.3 Å². The predicted octanol–water partition coefficient (Wildman–Crippen LogP) is 1.13. The van der Waals surface area contributed by atoms with Crippen molar-refractivity contribution in [1.29, 1.82) is 0 Å². The minimum absolute atomic E-state index is 0.290. The highest BCUT2D eigenvalue weighted by Gasteiger charge is 2.24. The zero-order chi connectivity index (χ0) is 9.84. The monoisotopic (exact) mass is 199 g/mol. The quantitative estimate of drug-likeness (QED) is 0.416. The van der Waals surface area contributed by atoms with E-state index in [9.17, 15) is 9.59 Å². The smallest absolute Gasteiger partial charge is 0.316 e. The van der Waals surface area contributed by atoms with Gasteiger partial charge in [-0.15, -0.1) is 11.3 Å². The van der Waals surface area contributed by atoms with Crippen molar-refractivity contribution in [2.75, 3.05) is 7.11 Å². The van der Waals surface area contributed by atoms with E-state index in [4.69, 9.17) is 0 Å². The van der Waals surface area contributed by atoms with Crippen LogP contribution in [0.15, 0.2) is 11.6 Å². The van der Waals surface area contributed by atoms with Crippen LogP contribution < -0.4 is 0 Å². The predicted molar refractivity (Wildman–Crippen MR) is 47.6 cm³/mol. The summed E-state index contributed by atoms with van der Waals surface area (Å²) >= 11 is 1.22. The van der Waals surface area contributed by atoms with Crippen LogP contribution in [0.5, 0.6) is 0 Å². The number of thiazole rings is 1. The molecule has 1 aromatic rings. The Labute approximate surface area is 79.6 Å². The fourth-order valence-electron chi connectivity index (χ4n) is 0.814. The Kier molecular flexibility index (Phi) is 3.13. The molecule has 0 saturated heterocycles. The first-order valence-electron chi connectivity index (χ1n) is 3.68. The fraction of sp³-hybridized carbons (Fsp3) is 0.375. The Morgan fingerprint density at radius 3 is 2.77 bits per heavy atom. The number of ketones is 1. The minimum Gasteiger partial charge on any atom is -0.468 e. The summed E-state index contributed by atoms with van der Waals surface area (Å²) in [5.41, 5.74) is 0. The molecule has 0 aliphatic rings. The second-order valence-electron chi connectivity index (χ2n) is 2.45. The number of hydrogen-bond acceptors (Lipinski definition) is 5. The SMILES string of the molecule is COC(=O)C(C)C(=O)c1nccs1. The van der Waals surface area contributed by atoms with Gasteiger partial charge >= 0.3 is 5.97 Å². The molecule has 5 heteroatoms. The third-order valence-corrected chi connectivity index (χ3v) is 2.38. The van der Waals surface area contributed by atoms with Crippen LogP contribution in [-0.4, -0.2) is 23.8 Å². The Morgan fingerprint density at radius 2 is 2.31 bits per heavy atom. The van der Waals surface area contributed by atoms with Gasteiger partial charge in [0.1, 0.15) is 5.92 Å². The molecular weight excluding hydrogens is 190 g/mol. The van der Waals surface area contributed by atoms with Crippen molar-refractivity contribution < 1.29 is 14.3 Å². The average molecular weight is 199 g/mol. The lowest BCUT2D eigenvalue weighted by atomic mass is 10.1. The van der Waals surface area contributed by atoms with Crippen LogP contribution in [0.3, 0.4) is 0 Å². The number of esters is 1. The Hall–Kier alpha value is -1.23. The normalized spacial score (nSPS) is 12.2. The van der Waals surface area contributed by atoms with Crippen LogP contribution in [0.1, 0.15) is 16.7 Å². The number of carbonyl (C=O) groups is 2. The third-order valence-electron chi connectivity index (χ3n) is 1.59. The second-order valence-corrected chi connectivity index (χ2v) is 3.34. The molecular formula is C8H9NO3S. The molecule has 0 aromatic carbocycles. The maximum atomic E-state index is 11.5. The molecule has 0 N–H and O–H groups in total. The summed E-state index contributed by atoms with van der Waals surface area (Å²) in [6.45, 7) is 1.51. The van der Waals surface area contributed by atoms with E-state index in [1.165, 1.54) is 31.6 Å². The molecule has 0 bridgehead atoms. The van der Waals surface area contributed by atoms with Crippen molar-refractivity contribution in [3.05, 3.63) is 16.6 Å². The van der Waals surface area contributed by atoms with Crippen LogP contribution in [0, 0.1) is 5.92 Å². The van der Waals surface area contributed by atoms with Crippen LogP contribution in [0.25, 0.3) is 0 Å².